The molecular weight excluding hydrogens is 1290 g/mol. The number of hydrogen-bond acceptors (Lipinski definition) is 5. The number of amides is 1. The third kappa shape index (κ3) is 14.1. The van der Waals surface area contributed by atoms with Crippen molar-refractivity contribution in [3.63, 3.8) is 0 Å². The summed E-state index contributed by atoms with van der Waals surface area (Å²) >= 11 is 12.1. The van der Waals surface area contributed by atoms with Gasteiger partial charge in [0.05, 0.1) is 11.4 Å². The molecule has 3 N–H and O–H groups in total. The second-order valence-corrected chi connectivity index (χ2v) is 59.0. The van der Waals surface area contributed by atoms with Crippen LogP contribution in [0.15, 0.2) is 107 Å². The van der Waals surface area contributed by atoms with Crippen molar-refractivity contribution in [3.05, 3.63) is 136 Å². The SMILES string of the molecule is Cc1ccc(C(=O)Nc2ccc3c(O)cc(C)cc3c2C)cc1.Cc1ccc(N=Nc2ccc3c(O)cc(C)cc3c2C)cc1.[I][V]([I])[I].[I][V][I]. The molecule has 0 bridgehead atoms. The van der Waals surface area contributed by atoms with E-state index in [0.717, 1.165) is 66.4 Å². The monoisotopic (exact) mass is 1330 g/mol. The Morgan fingerprint density at radius 2 is 1.04 bits per heavy atom. The summed E-state index contributed by atoms with van der Waals surface area (Å²) in [5.41, 5.74) is 9.34. The first kappa shape index (κ1) is 45.7. The molecular formula is C39H37I5N3O3V2. The van der Waals surface area contributed by atoms with Crippen LogP contribution < -0.4 is 5.32 Å². The zero-order valence-corrected chi connectivity index (χ0v) is 42.8. The van der Waals surface area contributed by atoms with E-state index >= 15 is 0 Å². The molecule has 0 aromatic heterocycles. The summed E-state index contributed by atoms with van der Waals surface area (Å²) in [4.78, 5) is 12.1. The van der Waals surface area contributed by atoms with Crippen molar-refractivity contribution < 1.29 is 29.4 Å². The van der Waals surface area contributed by atoms with E-state index in [1.54, 1.807) is 12.1 Å². The van der Waals surface area contributed by atoms with Crippen molar-refractivity contribution in [2.24, 2.45) is 10.2 Å². The van der Waals surface area contributed by atoms with Gasteiger partial charge in [0.2, 0.25) is 0 Å². The van der Waals surface area contributed by atoms with Gasteiger partial charge < -0.3 is 15.5 Å². The molecule has 0 radical (unpaired) electrons. The van der Waals surface area contributed by atoms with Crippen molar-refractivity contribution in [1.82, 2.24) is 0 Å². The van der Waals surface area contributed by atoms with Gasteiger partial charge >= 0.3 is 114 Å². The van der Waals surface area contributed by atoms with E-state index in [1.165, 1.54) is 5.56 Å². The number of rotatable bonds is 4. The first-order chi connectivity index (χ1) is 24.6. The number of anilines is 1. The van der Waals surface area contributed by atoms with E-state index in [2.05, 4.69) is 122 Å². The van der Waals surface area contributed by atoms with Crippen LogP contribution in [-0.2, 0) is 14.4 Å². The summed E-state index contributed by atoms with van der Waals surface area (Å²) in [7, 11) is 0.628. The molecule has 0 atom stereocenters. The number of phenols is 2. The van der Waals surface area contributed by atoms with Crippen LogP contribution in [0.2, 0.25) is 0 Å². The minimum atomic E-state index is -0.278. The number of halogens is 5. The molecule has 6 rings (SSSR count). The number of aromatic hydroxyl groups is 2. The van der Waals surface area contributed by atoms with Gasteiger partial charge in [-0.3, -0.25) is 4.79 Å². The number of fused-ring (bicyclic) bond motifs is 2. The molecule has 0 saturated carbocycles. The summed E-state index contributed by atoms with van der Waals surface area (Å²) in [5.74, 6) is 0.434. The van der Waals surface area contributed by atoms with Gasteiger partial charge in [0.25, 0.3) is 5.91 Å². The Kier molecular flexibility index (Phi) is 20.0. The quantitative estimate of drug-likeness (QED) is 0.121. The molecule has 13 heteroatoms. The van der Waals surface area contributed by atoms with Crippen molar-refractivity contribution >= 4 is 144 Å². The van der Waals surface area contributed by atoms with Gasteiger partial charge in [0.15, 0.2) is 0 Å². The maximum atomic E-state index is 12.4. The molecule has 0 unspecified atom stereocenters. The van der Waals surface area contributed by atoms with E-state index in [4.69, 9.17) is 0 Å². The topological polar surface area (TPSA) is 94.3 Å². The molecule has 6 aromatic carbocycles. The molecule has 0 heterocycles. The molecule has 52 heavy (non-hydrogen) atoms. The number of nitrogens with zero attached hydrogens (tertiary/aromatic N) is 2. The molecule has 271 valence electrons. The minimum absolute atomic E-state index is 0.135. The molecule has 1 amide bonds. The third-order valence-electron chi connectivity index (χ3n) is 7.89. The summed E-state index contributed by atoms with van der Waals surface area (Å²) in [6.45, 7) is 11.9. The average molecular weight is 1330 g/mol. The van der Waals surface area contributed by atoms with E-state index in [0.29, 0.717) is 20.8 Å². The van der Waals surface area contributed by atoms with Gasteiger partial charge in [0, 0.05) is 22.0 Å². The number of carbonyl (C=O) groups is 1. The van der Waals surface area contributed by atoms with Crippen molar-refractivity contribution in [2.75, 3.05) is 5.32 Å². The van der Waals surface area contributed by atoms with Crippen molar-refractivity contribution in [2.45, 2.75) is 41.5 Å². The van der Waals surface area contributed by atoms with E-state index in [9.17, 15) is 15.0 Å². The van der Waals surface area contributed by atoms with Gasteiger partial charge in [-0.25, -0.2) is 0 Å². The van der Waals surface area contributed by atoms with E-state index in [1.807, 2.05) is 120 Å². The number of phenolic OH excluding ortho intramolecular Hbond substituents is 2. The Balaban J connectivity index is 0.000000238. The first-order valence-electron chi connectivity index (χ1n) is 15.7. The second-order valence-electron chi connectivity index (χ2n) is 11.8. The van der Waals surface area contributed by atoms with Gasteiger partial charge in [-0.05, 0) is 135 Å². The van der Waals surface area contributed by atoms with E-state index < -0.39 is 0 Å². The normalized spacial score (nSPS) is 10.5. The van der Waals surface area contributed by atoms with Crippen LogP contribution in [0, 0.1) is 41.5 Å². The van der Waals surface area contributed by atoms with Gasteiger partial charge in [-0.1, -0.05) is 47.5 Å². The van der Waals surface area contributed by atoms with Crippen LogP contribution in [0.3, 0.4) is 0 Å². The fourth-order valence-corrected chi connectivity index (χ4v) is 5.26. The number of benzene rings is 6. The standard InChI is InChI=1S/C20H19NO2.C19H18N2O.5HI.2V/c1-12-4-6-15(7-5-12)20(23)21-18-9-8-16-17(14(18)3)10-13(2)11-19(16)22;1-12-4-6-15(7-5-12)20-21-18-9-8-16-17(14(18)3)10-13(2)11-19(16)22;;;;;;;/h4-11,22H,1-3H3,(H,21,23);4-11,22H,1-3H3;5*1H;;/q;;;;;;;+2;+3/p-5. The predicted molar refractivity (Wildman–Crippen MR) is 255 cm³/mol. The average Bonchev–Trinajstić information content (AvgIpc) is 3.07. The predicted octanol–water partition coefficient (Wildman–Crippen LogP) is 15.0. The molecule has 6 nitrogen and oxygen atoms in total. The summed E-state index contributed by atoms with van der Waals surface area (Å²) in [6.07, 6.45) is 0. The molecule has 0 aliphatic carbocycles. The number of aryl methyl sites for hydroxylation is 6. The zero-order valence-electron chi connectivity index (χ0n) is 29.2. The number of carbonyl (C=O) groups excluding carboxylic acids is 1. The Hall–Kier alpha value is -0.671. The van der Waals surface area contributed by atoms with Gasteiger partial charge in [-0.2, -0.15) is 10.2 Å². The Morgan fingerprint density at radius 1 is 0.596 bits per heavy atom. The van der Waals surface area contributed by atoms with Gasteiger partial charge in [-0.15, -0.1) is 0 Å². The van der Waals surface area contributed by atoms with Crippen LogP contribution in [0.1, 0.15) is 43.7 Å². The number of hydrogen-bond donors (Lipinski definition) is 3. The van der Waals surface area contributed by atoms with Crippen LogP contribution in [0.25, 0.3) is 21.5 Å². The second kappa shape index (κ2) is 22.8. The van der Waals surface area contributed by atoms with Crippen molar-refractivity contribution in [3.8, 4) is 11.5 Å². The van der Waals surface area contributed by atoms with Crippen LogP contribution in [0.5, 0.6) is 11.5 Å². The molecule has 6 aromatic rings. The van der Waals surface area contributed by atoms with Crippen molar-refractivity contribution in [1.29, 1.82) is 0 Å². The molecule has 0 saturated heterocycles. The molecule has 0 aliphatic heterocycles. The van der Waals surface area contributed by atoms with Crippen LogP contribution >= 0.6 is 99.9 Å². The fraction of sp³-hybridized carbons (Fsp3) is 0.154. The van der Waals surface area contributed by atoms with Crippen LogP contribution in [-0.4, -0.2) is 16.1 Å². The maximum absolute atomic E-state index is 12.4. The zero-order chi connectivity index (χ0) is 38.5. The summed E-state index contributed by atoms with van der Waals surface area (Å²) < 4.78 is 0. The molecule has 0 spiro atoms. The third-order valence-corrected chi connectivity index (χ3v) is 7.89. The van der Waals surface area contributed by atoms with E-state index in [-0.39, 0.29) is 16.6 Å². The Labute approximate surface area is 372 Å². The molecule has 0 fully saturated rings. The fourth-order valence-electron chi connectivity index (χ4n) is 5.26. The van der Waals surface area contributed by atoms with Crippen LogP contribution in [0.4, 0.5) is 17.1 Å². The summed E-state index contributed by atoms with van der Waals surface area (Å²) in [5, 5.41) is 35.3. The summed E-state index contributed by atoms with van der Waals surface area (Å²) in [6, 6.07) is 30.5. The van der Waals surface area contributed by atoms with Gasteiger partial charge in [0.1, 0.15) is 11.5 Å². The molecule has 0 aliphatic rings. The Bertz CT molecular complexity index is 2160. The number of nitrogens with one attached hydrogen (secondary N) is 1. The number of azo groups is 1. The first-order valence-corrected chi connectivity index (χ1v) is 38.2. The Morgan fingerprint density at radius 3 is 1.54 bits per heavy atom.